The Morgan fingerprint density at radius 3 is 2.73 bits per heavy atom. The summed E-state index contributed by atoms with van der Waals surface area (Å²) in [6, 6.07) is 7.71. The predicted octanol–water partition coefficient (Wildman–Crippen LogP) is 2.64. The molecule has 118 valence electrons. The Morgan fingerprint density at radius 1 is 1.41 bits per heavy atom. The van der Waals surface area contributed by atoms with Crippen LogP contribution in [0.3, 0.4) is 0 Å². The Morgan fingerprint density at radius 2 is 2.14 bits per heavy atom. The van der Waals surface area contributed by atoms with E-state index in [1.807, 2.05) is 45.0 Å². The van der Waals surface area contributed by atoms with Gasteiger partial charge in [-0.05, 0) is 37.3 Å². The quantitative estimate of drug-likeness (QED) is 0.767. The zero-order chi connectivity index (χ0) is 16.2. The second kappa shape index (κ2) is 6.75. The van der Waals surface area contributed by atoms with Crippen LogP contribution in [0.15, 0.2) is 36.8 Å². The number of aryl methyl sites for hydroxylation is 2. The number of aromatic nitrogens is 2. The first-order chi connectivity index (χ1) is 10.4. The maximum Gasteiger partial charge on any atom is 0.244 e. The molecule has 0 aliphatic rings. The molecular weight excluding hydrogens is 276 g/mol. The normalized spacial score (nSPS) is 13.9. The lowest BCUT2D eigenvalue weighted by molar-refractivity contribution is -0.122. The Hall–Kier alpha value is -2.14. The number of rotatable bonds is 6. The van der Waals surface area contributed by atoms with E-state index in [1.165, 1.54) is 0 Å². The van der Waals surface area contributed by atoms with Crippen LogP contribution < -0.4 is 11.1 Å². The highest BCUT2D eigenvalue weighted by atomic mass is 16.2. The standard InChI is InChI=1S/C17H24N4O/c1-12(2)17(18,9-8-14-10-19-11-20-14)16(22)21-15-7-5-4-6-13(15)3/h4-7,10-12H,8-9,18H2,1-3H3,(H,19,20)(H,21,22)/t17-/m0/s1. The molecule has 4 N–H and O–H groups in total. The monoisotopic (exact) mass is 300 g/mol. The van der Waals surface area contributed by atoms with Gasteiger partial charge in [0, 0.05) is 17.6 Å². The van der Waals surface area contributed by atoms with E-state index in [9.17, 15) is 4.79 Å². The lowest BCUT2D eigenvalue weighted by Gasteiger charge is -2.32. The number of H-pyrrole nitrogens is 1. The van der Waals surface area contributed by atoms with Crippen molar-refractivity contribution in [3.63, 3.8) is 0 Å². The SMILES string of the molecule is Cc1ccccc1NC(=O)[C@](N)(CCc1cnc[nH]1)C(C)C. The zero-order valence-electron chi connectivity index (χ0n) is 13.4. The number of hydrogen-bond donors (Lipinski definition) is 3. The number of carbonyl (C=O) groups excluding carboxylic acids is 1. The van der Waals surface area contributed by atoms with E-state index in [4.69, 9.17) is 5.73 Å². The molecule has 1 amide bonds. The van der Waals surface area contributed by atoms with Gasteiger partial charge in [0.05, 0.1) is 11.9 Å². The molecule has 0 bridgehead atoms. The number of para-hydroxylation sites is 1. The molecule has 2 aromatic rings. The zero-order valence-corrected chi connectivity index (χ0v) is 13.4. The van der Waals surface area contributed by atoms with Gasteiger partial charge in [-0.1, -0.05) is 32.0 Å². The van der Waals surface area contributed by atoms with E-state index < -0.39 is 5.54 Å². The molecule has 0 radical (unpaired) electrons. The summed E-state index contributed by atoms with van der Waals surface area (Å²) in [4.78, 5) is 19.8. The molecule has 1 atom stereocenters. The van der Waals surface area contributed by atoms with E-state index in [0.717, 1.165) is 16.9 Å². The van der Waals surface area contributed by atoms with Gasteiger partial charge >= 0.3 is 0 Å². The third kappa shape index (κ3) is 3.54. The van der Waals surface area contributed by atoms with Crippen LogP contribution in [-0.4, -0.2) is 21.4 Å². The molecule has 0 unspecified atom stereocenters. The van der Waals surface area contributed by atoms with Crippen molar-refractivity contribution >= 4 is 11.6 Å². The number of hydrogen-bond acceptors (Lipinski definition) is 3. The van der Waals surface area contributed by atoms with Gasteiger partial charge in [0.2, 0.25) is 5.91 Å². The number of amides is 1. The summed E-state index contributed by atoms with van der Waals surface area (Å²) in [5, 5.41) is 2.97. The Balaban J connectivity index is 2.12. The van der Waals surface area contributed by atoms with Gasteiger partial charge in [-0.3, -0.25) is 4.79 Å². The van der Waals surface area contributed by atoms with Gasteiger partial charge in [0.15, 0.2) is 0 Å². The first kappa shape index (κ1) is 16.2. The Labute approximate surface area is 131 Å². The summed E-state index contributed by atoms with van der Waals surface area (Å²) < 4.78 is 0. The number of carbonyl (C=O) groups is 1. The number of nitrogens with zero attached hydrogens (tertiary/aromatic N) is 1. The van der Waals surface area contributed by atoms with Gasteiger partial charge in [0.25, 0.3) is 0 Å². The molecule has 0 saturated carbocycles. The summed E-state index contributed by atoms with van der Waals surface area (Å²) >= 11 is 0. The minimum atomic E-state index is -0.923. The van der Waals surface area contributed by atoms with Crippen LogP contribution in [0, 0.1) is 12.8 Å². The summed E-state index contributed by atoms with van der Waals surface area (Å²) in [5.41, 5.74) is 8.35. The molecule has 5 heteroatoms. The van der Waals surface area contributed by atoms with Crippen LogP contribution in [-0.2, 0) is 11.2 Å². The molecule has 5 nitrogen and oxygen atoms in total. The van der Waals surface area contributed by atoms with Crippen LogP contribution in [0.5, 0.6) is 0 Å². The highest BCUT2D eigenvalue weighted by Gasteiger charge is 2.37. The van der Waals surface area contributed by atoms with Crippen LogP contribution >= 0.6 is 0 Å². The topological polar surface area (TPSA) is 83.8 Å². The maximum absolute atomic E-state index is 12.7. The maximum atomic E-state index is 12.7. The van der Waals surface area contributed by atoms with Crippen molar-refractivity contribution in [2.75, 3.05) is 5.32 Å². The predicted molar refractivity (Wildman–Crippen MR) is 88.5 cm³/mol. The molecule has 0 fully saturated rings. The van der Waals surface area contributed by atoms with Gasteiger partial charge in [-0.25, -0.2) is 4.98 Å². The fraction of sp³-hybridized carbons (Fsp3) is 0.412. The van der Waals surface area contributed by atoms with E-state index in [0.29, 0.717) is 12.8 Å². The van der Waals surface area contributed by atoms with Crippen LogP contribution in [0.25, 0.3) is 0 Å². The molecule has 22 heavy (non-hydrogen) atoms. The van der Waals surface area contributed by atoms with Crippen molar-refractivity contribution in [3.8, 4) is 0 Å². The minimum absolute atomic E-state index is 0.0273. The lowest BCUT2D eigenvalue weighted by Crippen LogP contribution is -2.55. The third-order valence-electron chi connectivity index (χ3n) is 4.21. The van der Waals surface area contributed by atoms with Crippen LogP contribution in [0.4, 0.5) is 5.69 Å². The number of aromatic amines is 1. The highest BCUT2D eigenvalue weighted by molar-refractivity contribution is 5.98. The molecule has 0 aliphatic carbocycles. The second-order valence-electron chi connectivity index (χ2n) is 6.04. The Kier molecular flexibility index (Phi) is 4.98. The van der Waals surface area contributed by atoms with Gasteiger partial charge < -0.3 is 16.0 Å². The van der Waals surface area contributed by atoms with E-state index in [1.54, 1.807) is 12.5 Å². The number of benzene rings is 1. The van der Waals surface area contributed by atoms with Gasteiger partial charge in [-0.15, -0.1) is 0 Å². The molecule has 2 rings (SSSR count). The van der Waals surface area contributed by atoms with Gasteiger partial charge in [0.1, 0.15) is 0 Å². The molecule has 0 saturated heterocycles. The minimum Gasteiger partial charge on any atom is -0.348 e. The van der Waals surface area contributed by atoms with Gasteiger partial charge in [-0.2, -0.15) is 0 Å². The third-order valence-corrected chi connectivity index (χ3v) is 4.21. The molecular formula is C17H24N4O. The fourth-order valence-electron chi connectivity index (χ4n) is 2.38. The van der Waals surface area contributed by atoms with E-state index in [-0.39, 0.29) is 11.8 Å². The second-order valence-corrected chi connectivity index (χ2v) is 6.04. The summed E-state index contributed by atoms with van der Waals surface area (Å²) in [7, 11) is 0. The van der Waals surface area contributed by atoms with E-state index in [2.05, 4.69) is 15.3 Å². The first-order valence-corrected chi connectivity index (χ1v) is 7.56. The van der Waals surface area contributed by atoms with Crippen molar-refractivity contribution in [2.45, 2.75) is 39.2 Å². The average Bonchev–Trinajstić information content (AvgIpc) is 3.00. The summed E-state index contributed by atoms with van der Waals surface area (Å²) in [6.07, 6.45) is 4.65. The summed E-state index contributed by atoms with van der Waals surface area (Å²) in [6.45, 7) is 5.92. The highest BCUT2D eigenvalue weighted by Crippen LogP contribution is 2.24. The number of anilines is 1. The van der Waals surface area contributed by atoms with Crippen molar-refractivity contribution in [2.24, 2.45) is 11.7 Å². The fourth-order valence-corrected chi connectivity index (χ4v) is 2.38. The van der Waals surface area contributed by atoms with Crippen molar-refractivity contribution in [1.29, 1.82) is 0 Å². The number of nitrogens with two attached hydrogens (primary N) is 1. The lowest BCUT2D eigenvalue weighted by atomic mass is 9.81. The van der Waals surface area contributed by atoms with Crippen LogP contribution in [0.1, 0.15) is 31.5 Å². The van der Waals surface area contributed by atoms with Crippen molar-refractivity contribution < 1.29 is 4.79 Å². The number of imidazole rings is 1. The molecule has 0 spiro atoms. The largest absolute Gasteiger partial charge is 0.348 e. The smallest absolute Gasteiger partial charge is 0.244 e. The van der Waals surface area contributed by atoms with Crippen molar-refractivity contribution in [3.05, 3.63) is 48.0 Å². The average molecular weight is 300 g/mol. The molecule has 1 heterocycles. The molecule has 1 aromatic heterocycles. The first-order valence-electron chi connectivity index (χ1n) is 7.56. The number of nitrogens with one attached hydrogen (secondary N) is 2. The molecule has 1 aromatic carbocycles. The molecule has 0 aliphatic heterocycles. The van der Waals surface area contributed by atoms with Crippen LogP contribution in [0.2, 0.25) is 0 Å². The van der Waals surface area contributed by atoms with Crippen molar-refractivity contribution in [1.82, 2.24) is 9.97 Å². The van der Waals surface area contributed by atoms with E-state index >= 15 is 0 Å². The summed E-state index contributed by atoms with van der Waals surface area (Å²) in [5.74, 6) is -0.115. The Bertz CT molecular complexity index is 621.